The molecule has 0 aromatic heterocycles. The molecule has 0 rings (SSSR count). The van der Waals surface area contributed by atoms with Crippen LogP contribution in [0.5, 0.6) is 0 Å². The number of carboxylic acids is 1. The van der Waals surface area contributed by atoms with Crippen LogP contribution in [0.4, 0.5) is 26.3 Å². The van der Waals surface area contributed by atoms with Crippen molar-refractivity contribution in [3.63, 3.8) is 0 Å². The Morgan fingerprint density at radius 1 is 0.950 bits per heavy atom. The topological polar surface area (TPSA) is 66.4 Å². The molecule has 0 fully saturated rings. The molecule has 0 aromatic carbocycles. The summed E-state index contributed by atoms with van der Waals surface area (Å²) in [6.07, 6.45) is -14.9. The van der Waals surface area contributed by atoms with Gasteiger partial charge in [-0.05, 0) is 20.8 Å². The lowest BCUT2D eigenvalue weighted by atomic mass is 9.94. The van der Waals surface area contributed by atoms with Crippen molar-refractivity contribution < 1.29 is 45.8 Å². The molecule has 0 spiro atoms. The van der Waals surface area contributed by atoms with E-state index < -0.39 is 41.7 Å². The Kier molecular flexibility index (Phi) is 4.75. The van der Waals surface area contributed by atoms with Gasteiger partial charge >= 0.3 is 23.9 Å². The summed E-state index contributed by atoms with van der Waals surface area (Å²) in [6, 6.07) is 0. The summed E-state index contributed by atoms with van der Waals surface area (Å²) in [5.74, 6) is -4.49. The summed E-state index contributed by atoms with van der Waals surface area (Å²) in [5, 5.41) is 10.2. The van der Waals surface area contributed by atoms with Crippen LogP contribution >= 0.6 is 0 Å². The van der Waals surface area contributed by atoms with E-state index in [1.54, 1.807) is 0 Å². The minimum atomic E-state index is -6.16. The maximum atomic E-state index is 12.7. The van der Waals surface area contributed by atoms with Crippen molar-refractivity contribution in [1.29, 1.82) is 0 Å². The number of halogens is 6. The predicted molar refractivity (Wildman–Crippen MR) is 50.0 cm³/mol. The largest absolute Gasteiger partial charge is 0.550 e. The Morgan fingerprint density at radius 2 is 1.30 bits per heavy atom. The molecule has 0 bridgehead atoms. The molecule has 0 aliphatic heterocycles. The van der Waals surface area contributed by atoms with Crippen LogP contribution in [0.3, 0.4) is 0 Å². The number of rotatable bonds is 3. The fourth-order valence-electron chi connectivity index (χ4n) is 1.03. The van der Waals surface area contributed by atoms with Gasteiger partial charge in [0.05, 0.1) is 5.41 Å². The van der Waals surface area contributed by atoms with E-state index in [0.29, 0.717) is 0 Å². The molecule has 0 saturated heterocycles. The molecular formula is C10H11F6O4-. The average molecular weight is 309 g/mol. The van der Waals surface area contributed by atoms with Crippen molar-refractivity contribution in [2.24, 2.45) is 5.41 Å². The number of carbonyl (C=O) groups is 2. The van der Waals surface area contributed by atoms with E-state index in [-0.39, 0.29) is 0 Å². The van der Waals surface area contributed by atoms with E-state index in [1.165, 1.54) is 0 Å². The number of ether oxygens (including phenoxy) is 1. The monoisotopic (exact) mass is 309 g/mol. The minimum Gasteiger partial charge on any atom is -0.550 e. The molecule has 0 aliphatic carbocycles. The molecule has 0 amide bonds. The van der Waals surface area contributed by atoms with Gasteiger partial charge in [0.1, 0.15) is 0 Å². The number of carboxylic acid groups (broad SMARTS) is 1. The van der Waals surface area contributed by atoms with Crippen LogP contribution in [0.25, 0.3) is 0 Å². The Labute approximate surface area is 109 Å². The standard InChI is InChI=1S/C10H12F6O4/c1-7(2,3)6(19)20-8(4-5(17)18,9(11,12)13)10(14,15)16/h4H2,1-3H3,(H,17,18)/p-1. The van der Waals surface area contributed by atoms with Crippen LogP contribution in [0.2, 0.25) is 0 Å². The van der Waals surface area contributed by atoms with E-state index in [9.17, 15) is 41.0 Å². The van der Waals surface area contributed by atoms with Gasteiger partial charge in [-0.3, -0.25) is 4.79 Å². The maximum absolute atomic E-state index is 12.7. The molecule has 118 valence electrons. The zero-order valence-corrected chi connectivity index (χ0v) is 10.6. The van der Waals surface area contributed by atoms with E-state index in [2.05, 4.69) is 4.74 Å². The third-order valence-electron chi connectivity index (χ3n) is 2.19. The molecule has 0 N–H and O–H groups in total. The molecular weight excluding hydrogens is 298 g/mol. The van der Waals surface area contributed by atoms with Crippen molar-refractivity contribution in [3.8, 4) is 0 Å². The second-order valence-corrected chi connectivity index (χ2v) is 5.01. The number of hydrogen-bond acceptors (Lipinski definition) is 4. The SMILES string of the molecule is CC(C)(C)C(=O)OC(CC(=O)[O-])(C(F)(F)F)C(F)(F)F. The molecule has 0 aromatic rings. The van der Waals surface area contributed by atoms with Crippen molar-refractivity contribution in [2.75, 3.05) is 0 Å². The van der Waals surface area contributed by atoms with Crippen molar-refractivity contribution >= 4 is 11.9 Å². The van der Waals surface area contributed by atoms with Crippen molar-refractivity contribution in [1.82, 2.24) is 0 Å². The van der Waals surface area contributed by atoms with Gasteiger partial charge in [-0.15, -0.1) is 0 Å². The molecule has 20 heavy (non-hydrogen) atoms. The third-order valence-corrected chi connectivity index (χ3v) is 2.19. The summed E-state index contributed by atoms with van der Waals surface area (Å²) in [7, 11) is 0. The highest BCUT2D eigenvalue weighted by Crippen LogP contribution is 2.48. The van der Waals surface area contributed by atoms with Crippen LogP contribution < -0.4 is 5.11 Å². The number of hydrogen-bond donors (Lipinski definition) is 0. The molecule has 0 radical (unpaired) electrons. The highest BCUT2D eigenvalue weighted by molar-refractivity contribution is 5.77. The molecule has 4 nitrogen and oxygen atoms in total. The molecule has 0 unspecified atom stereocenters. The van der Waals surface area contributed by atoms with Gasteiger partial charge in [0.15, 0.2) is 0 Å². The highest BCUT2D eigenvalue weighted by atomic mass is 19.4. The van der Waals surface area contributed by atoms with Gasteiger partial charge in [-0.2, -0.15) is 26.3 Å². The van der Waals surface area contributed by atoms with Gasteiger partial charge in [-0.1, -0.05) is 0 Å². The second kappa shape index (κ2) is 5.13. The normalized spacial score (nSPS) is 14.1. The predicted octanol–water partition coefficient (Wildman–Crippen LogP) is 1.58. The average Bonchev–Trinajstić information content (AvgIpc) is 2.10. The first-order valence-corrected chi connectivity index (χ1v) is 5.11. The number of aliphatic carboxylic acids is 1. The summed E-state index contributed by atoms with van der Waals surface area (Å²) < 4.78 is 79.7. The zero-order chi connectivity index (χ0) is 16.6. The van der Waals surface area contributed by atoms with Crippen LogP contribution in [0, 0.1) is 5.41 Å². The van der Waals surface area contributed by atoms with Crippen molar-refractivity contribution in [3.05, 3.63) is 0 Å². The molecule has 0 heterocycles. The van der Waals surface area contributed by atoms with Gasteiger partial charge in [0.25, 0.3) is 0 Å². The lowest BCUT2D eigenvalue weighted by Gasteiger charge is -2.38. The maximum Gasteiger partial charge on any atom is 0.437 e. The van der Waals surface area contributed by atoms with E-state index in [4.69, 9.17) is 0 Å². The number of alkyl halides is 6. The second-order valence-electron chi connectivity index (χ2n) is 5.01. The lowest BCUT2D eigenvalue weighted by Crippen LogP contribution is -2.62. The Morgan fingerprint density at radius 3 is 1.50 bits per heavy atom. The van der Waals surface area contributed by atoms with Crippen LogP contribution in [-0.4, -0.2) is 29.9 Å². The summed E-state index contributed by atoms with van der Waals surface area (Å²) in [4.78, 5) is 21.6. The summed E-state index contributed by atoms with van der Waals surface area (Å²) >= 11 is 0. The Hall–Kier alpha value is -1.48. The molecule has 10 heteroatoms. The molecule has 0 saturated carbocycles. The molecule has 0 atom stereocenters. The smallest absolute Gasteiger partial charge is 0.437 e. The fraction of sp³-hybridized carbons (Fsp3) is 0.800. The summed E-state index contributed by atoms with van der Waals surface area (Å²) in [5.41, 5.74) is -6.82. The van der Waals surface area contributed by atoms with Gasteiger partial charge in [-0.25, -0.2) is 0 Å². The van der Waals surface area contributed by atoms with E-state index >= 15 is 0 Å². The van der Waals surface area contributed by atoms with Crippen molar-refractivity contribution in [2.45, 2.75) is 45.1 Å². The minimum absolute atomic E-state index is 1.02. The molecule has 0 aliphatic rings. The Bertz CT molecular complexity index is 376. The lowest BCUT2D eigenvalue weighted by molar-refractivity contribution is -0.382. The van der Waals surface area contributed by atoms with Crippen LogP contribution in [0.15, 0.2) is 0 Å². The fourth-order valence-corrected chi connectivity index (χ4v) is 1.03. The number of esters is 1. The zero-order valence-electron chi connectivity index (χ0n) is 10.6. The quantitative estimate of drug-likeness (QED) is 0.586. The number of carbonyl (C=O) groups excluding carboxylic acids is 2. The third kappa shape index (κ3) is 3.76. The Balaban J connectivity index is 5.91. The van der Waals surface area contributed by atoms with Gasteiger partial charge in [0, 0.05) is 12.4 Å². The van der Waals surface area contributed by atoms with Gasteiger partial charge < -0.3 is 14.6 Å². The van der Waals surface area contributed by atoms with Crippen LogP contribution in [0.1, 0.15) is 27.2 Å². The summed E-state index contributed by atoms with van der Waals surface area (Å²) in [6.45, 7) is 3.06. The van der Waals surface area contributed by atoms with E-state index in [1.807, 2.05) is 0 Å². The first kappa shape index (κ1) is 18.5. The first-order valence-electron chi connectivity index (χ1n) is 5.11. The van der Waals surface area contributed by atoms with E-state index in [0.717, 1.165) is 20.8 Å². The van der Waals surface area contributed by atoms with Crippen LogP contribution in [-0.2, 0) is 14.3 Å². The highest BCUT2D eigenvalue weighted by Gasteiger charge is 2.74. The first-order chi connectivity index (χ1) is 8.54. The van der Waals surface area contributed by atoms with Gasteiger partial charge in [0.2, 0.25) is 0 Å².